The highest BCUT2D eigenvalue weighted by Gasteiger charge is 2.24. The van der Waals surface area contributed by atoms with E-state index in [1.807, 2.05) is 12.1 Å². The molecular formula is C19H22N2O5. The maximum atomic E-state index is 12.6. The number of anilines is 1. The number of carbonyl (C=O) groups excluding carboxylic acids is 1. The molecule has 0 atom stereocenters. The van der Waals surface area contributed by atoms with E-state index in [0.29, 0.717) is 11.6 Å². The smallest absolute Gasteiger partial charge is 0.416 e. The van der Waals surface area contributed by atoms with Crippen LogP contribution in [-0.2, 0) is 11.3 Å². The minimum absolute atomic E-state index is 0.0438. The van der Waals surface area contributed by atoms with Crippen LogP contribution in [0.1, 0.15) is 36.7 Å². The Morgan fingerprint density at radius 2 is 1.77 bits per heavy atom. The summed E-state index contributed by atoms with van der Waals surface area (Å²) in [4.78, 5) is 29.1. The Kier molecular flexibility index (Phi) is 5.82. The third kappa shape index (κ3) is 5.20. The minimum atomic E-state index is -1.08. The van der Waals surface area contributed by atoms with Crippen LogP contribution in [0.2, 0.25) is 0 Å². The van der Waals surface area contributed by atoms with Crippen molar-refractivity contribution in [2.24, 2.45) is 0 Å². The van der Waals surface area contributed by atoms with Crippen molar-refractivity contribution >= 4 is 17.9 Å². The number of aromatic nitrogens is 1. The molecule has 0 aliphatic rings. The lowest BCUT2D eigenvalue weighted by molar-refractivity contribution is 0.0576. The van der Waals surface area contributed by atoms with Crippen molar-refractivity contribution in [2.75, 3.05) is 12.0 Å². The van der Waals surface area contributed by atoms with Crippen LogP contribution in [0.15, 0.2) is 42.6 Å². The number of hydrogen-bond donors (Lipinski definition) is 1. The van der Waals surface area contributed by atoms with Gasteiger partial charge in [-0.25, -0.2) is 14.6 Å². The van der Waals surface area contributed by atoms with Gasteiger partial charge in [-0.2, -0.15) is 0 Å². The molecule has 0 aliphatic carbocycles. The molecule has 0 aliphatic heterocycles. The summed E-state index contributed by atoms with van der Waals surface area (Å²) in [5.41, 5.74) is 0.221. The average molecular weight is 358 g/mol. The fraction of sp³-hybridized carbons (Fsp3) is 0.316. The predicted octanol–water partition coefficient (Wildman–Crippen LogP) is 3.73. The predicted molar refractivity (Wildman–Crippen MR) is 96.6 cm³/mol. The first-order chi connectivity index (χ1) is 12.2. The zero-order valence-electron chi connectivity index (χ0n) is 15.2. The Morgan fingerprint density at radius 3 is 2.23 bits per heavy atom. The van der Waals surface area contributed by atoms with Crippen molar-refractivity contribution < 1.29 is 24.2 Å². The maximum Gasteiger partial charge on any atom is 0.416 e. The van der Waals surface area contributed by atoms with Gasteiger partial charge in [0.05, 0.1) is 19.2 Å². The average Bonchev–Trinajstić information content (AvgIpc) is 2.58. The largest absolute Gasteiger partial charge is 0.497 e. The number of methoxy groups -OCH3 is 1. The van der Waals surface area contributed by atoms with Gasteiger partial charge in [0, 0.05) is 6.20 Å². The summed E-state index contributed by atoms with van der Waals surface area (Å²) in [6.07, 6.45) is 0.646. The summed E-state index contributed by atoms with van der Waals surface area (Å²) >= 11 is 0. The van der Waals surface area contributed by atoms with Gasteiger partial charge >= 0.3 is 12.1 Å². The number of amides is 1. The van der Waals surface area contributed by atoms with Crippen LogP contribution in [0, 0.1) is 0 Å². The van der Waals surface area contributed by atoms with Crippen molar-refractivity contribution in [3.8, 4) is 5.75 Å². The molecule has 2 rings (SSSR count). The Labute approximate surface area is 152 Å². The molecule has 0 saturated heterocycles. The number of nitrogens with zero attached hydrogens (tertiary/aromatic N) is 2. The number of carboxylic acid groups (broad SMARTS) is 1. The Morgan fingerprint density at radius 1 is 1.12 bits per heavy atom. The molecule has 1 amide bonds. The number of hydrogen-bond acceptors (Lipinski definition) is 5. The first-order valence-corrected chi connectivity index (χ1v) is 8.02. The molecule has 2 aromatic rings. The summed E-state index contributed by atoms with van der Waals surface area (Å²) in [6, 6.07) is 10.1. The van der Waals surface area contributed by atoms with Gasteiger partial charge in [0.25, 0.3) is 0 Å². The van der Waals surface area contributed by atoms with Crippen LogP contribution in [0.4, 0.5) is 10.6 Å². The molecule has 0 unspecified atom stereocenters. The quantitative estimate of drug-likeness (QED) is 0.876. The van der Waals surface area contributed by atoms with E-state index in [1.54, 1.807) is 40.0 Å². The molecule has 1 aromatic carbocycles. The second kappa shape index (κ2) is 7.86. The van der Waals surface area contributed by atoms with Crippen molar-refractivity contribution in [3.63, 3.8) is 0 Å². The van der Waals surface area contributed by atoms with Crippen LogP contribution >= 0.6 is 0 Å². The van der Waals surface area contributed by atoms with E-state index < -0.39 is 17.7 Å². The topological polar surface area (TPSA) is 89.0 Å². The van der Waals surface area contributed by atoms with Gasteiger partial charge in [-0.1, -0.05) is 12.1 Å². The molecule has 1 N–H and O–H groups in total. The van der Waals surface area contributed by atoms with E-state index in [-0.39, 0.29) is 12.1 Å². The first-order valence-electron chi connectivity index (χ1n) is 8.02. The summed E-state index contributed by atoms with van der Waals surface area (Å²) in [7, 11) is 1.58. The molecule has 0 bridgehead atoms. The van der Waals surface area contributed by atoms with E-state index in [2.05, 4.69) is 4.98 Å². The van der Waals surface area contributed by atoms with E-state index >= 15 is 0 Å². The van der Waals surface area contributed by atoms with Gasteiger partial charge in [-0.15, -0.1) is 0 Å². The highest BCUT2D eigenvalue weighted by atomic mass is 16.6. The molecule has 0 radical (unpaired) electrons. The molecule has 0 fully saturated rings. The van der Waals surface area contributed by atoms with Gasteiger partial charge in [0.15, 0.2) is 0 Å². The lowest BCUT2D eigenvalue weighted by atomic mass is 10.2. The molecule has 138 valence electrons. The molecule has 26 heavy (non-hydrogen) atoms. The fourth-order valence-electron chi connectivity index (χ4n) is 2.14. The van der Waals surface area contributed by atoms with Crippen LogP contribution in [0.25, 0.3) is 0 Å². The lowest BCUT2D eigenvalue weighted by Gasteiger charge is -2.27. The molecule has 0 saturated carbocycles. The van der Waals surface area contributed by atoms with Crippen LogP contribution in [-0.4, -0.2) is 34.9 Å². The standard InChI is InChI=1S/C19H22N2O5/c1-19(2,3)26-18(24)21(12-13-5-8-15(25-4)9-6-13)16-10-7-14(11-20-16)17(22)23/h5-11H,12H2,1-4H3,(H,22,23). The third-order valence-corrected chi connectivity index (χ3v) is 3.38. The third-order valence-electron chi connectivity index (χ3n) is 3.38. The van der Waals surface area contributed by atoms with Gasteiger partial charge < -0.3 is 14.6 Å². The number of rotatable bonds is 5. The second-order valence-electron chi connectivity index (χ2n) is 6.62. The zero-order valence-corrected chi connectivity index (χ0v) is 15.2. The Bertz CT molecular complexity index is 764. The number of ether oxygens (including phenoxy) is 2. The van der Waals surface area contributed by atoms with E-state index in [4.69, 9.17) is 14.6 Å². The summed E-state index contributed by atoms with van der Waals surface area (Å²) in [5.74, 6) is -0.0652. The van der Waals surface area contributed by atoms with Gasteiger partial charge in [0.2, 0.25) is 0 Å². The number of carboxylic acids is 1. The second-order valence-corrected chi connectivity index (χ2v) is 6.62. The monoisotopic (exact) mass is 358 g/mol. The fourth-order valence-corrected chi connectivity index (χ4v) is 2.14. The molecule has 1 aromatic heterocycles. The summed E-state index contributed by atoms with van der Waals surface area (Å²) in [5, 5.41) is 9.00. The normalized spacial score (nSPS) is 10.9. The zero-order chi connectivity index (χ0) is 19.3. The van der Waals surface area contributed by atoms with Crippen LogP contribution in [0.5, 0.6) is 5.75 Å². The molecule has 7 heteroatoms. The van der Waals surface area contributed by atoms with E-state index in [0.717, 1.165) is 5.56 Å². The summed E-state index contributed by atoms with van der Waals surface area (Å²) in [6.45, 7) is 5.55. The Hall–Kier alpha value is -3.09. The highest BCUT2D eigenvalue weighted by Crippen LogP contribution is 2.21. The Balaban J connectivity index is 2.31. The van der Waals surface area contributed by atoms with Gasteiger partial charge in [-0.3, -0.25) is 4.90 Å². The molecule has 7 nitrogen and oxygen atoms in total. The molecular weight excluding hydrogens is 336 g/mol. The number of carbonyl (C=O) groups is 2. The number of benzene rings is 1. The van der Waals surface area contributed by atoms with E-state index in [9.17, 15) is 9.59 Å². The van der Waals surface area contributed by atoms with Crippen molar-refractivity contribution in [1.82, 2.24) is 4.98 Å². The van der Waals surface area contributed by atoms with Crippen LogP contribution in [0.3, 0.4) is 0 Å². The van der Waals surface area contributed by atoms with Crippen molar-refractivity contribution in [1.29, 1.82) is 0 Å². The van der Waals surface area contributed by atoms with Crippen LogP contribution < -0.4 is 9.64 Å². The van der Waals surface area contributed by atoms with Crippen molar-refractivity contribution in [3.05, 3.63) is 53.7 Å². The number of pyridine rings is 1. The first kappa shape index (κ1) is 19.2. The summed E-state index contributed by atoms with van der Waals surface area (Å²) < 4.78 is 10.6. The lowest BCUT2D eigenvalue weighted by Crippen LogP contribution is -2.37. The maximum absolute atomic E-state index is 12.6. The molecule has 1 heterocycles. The minimum Gasteiger partial charge on any atom is -0.497 e. The number of aromatic carboxylic acids is 1. The van der Waals surface area contributed by atoms with Gasteiger partial charge in [0.1, 0.15) is 17.2 Å². The van der Waals surface area contributed by atoms with E-state index in [1.165, 1.54) is 23.2 Å². The highest BCUT2D eigenvalue weighted by molar-refractivity contribution is 5.89. The van der Waals surface area contributed by atoms with Gasteiger partial charge in [-0.05, 0) is 50.6 Å². The van der Waals surface area contributed by atoms with Crippen molar-refractivity contribution in [2.45, 2.75) is 32.9 Å². The molecule has 0 spiro atoms. The SMILES string of the molecule is COc1ccc(CN(C(=O)OC(C)(C)C)c2ccc(C(=O)O)cn2)cc1.